The summed E-state index contributed by atoms with van der Waals surface area (Å²) in [5.74, 6) is 6.63. The molecule has 0 saturated carbocycles. The molecule has 0 aromatic heterocycles. The van der Waals surface area contributed by atoms with Crippen molar-refractivity contribution >= 4 is 6.21 Å². The number of hydrogen-bond acceptors (Lipinski definition) is 3. The highest BCUT2D eigenvalue weighted by Gasteiger charge is 2.24. The van der Waals surface area contributed by atoms with Gasteiger partial charge >= 0.3 is 0 Å². The molecule has 1 aromatic rings. The Hall–Kier alpha value is -2.73. The standard InChI is InChI=1S/C21H23N3/c1-3-8-19-15-23-22-13-12-21(17(19)2)24-14-7-11-20(16-24)18-9-5-4-6-10-18/h4-6,9-10,12-13,15,20,23H,2,7,11,14,16H2,1H3/b19-15-,21-12?,22-13-. The predicted octanol–water partition coefficient (Wildman–Crippen LogP) is 3.80. The minimum absolute atomic E-state index is 0.554. The molecule has 1 N–H and O–H groups in total. The largest absolute Gasteiger partial charge is 0.370 e. The lowest BCUT2D eigenvalue weighted by molar-refractivity contribution is 0.264. The maximum atomic E-state index is 4.29. The van der Waals surface area contributed by atoms with Crippen molar-refractivity contribution in [3.8, 4) is 11.8 Å². The molecule has 2 aliphatic heterocycles. The van der Waals surface area contributed by atoms with E-state index in [2.05, 4.69) is 64.2 Å². The lowest BCUT2D eigenvalue weighted by atomic mass is 9.89. The highest BCUT2D eigenvalue weighted by Crippen LogP contribution is 2.31. The minimum Gasteiger partial charge on any atom is -0.370 e. The van der Waals surface area contributed by atoms with Crippen molar-refractivity contribution < 1.29 is 0 Å². The van der Waals surface area contributed by atoms with Gasteiger partial charge in [0.25, 0.3) is 0 Å². The van der Waals surface area contributed by atoms with Gasteiger partial charge in [0.2, 0.25) is 0 Å². The van der Waals surface area contributed by atoms with Gasteiger partial charge in [-0.3, -0.25) is 5.43 Å². The summed E-state index contributed by atoms with van der Waals surface area (Å²) < 4.78 is 0. The van der Waals surface area contributed by atoms with Gasteiger partial charge in [0.1, 0.15) is 0 Å². The predicted molar refractivity (Wildman–Crippen MR) is 100 cm³/mol. The molecule has 24 heavy (non-hydrogen) atoms. The fourth-order valence-corrected chi connectivity index (χ4v) is 3.31. The Morgan fingerprint density at radius 3 is 2.92 bits per heavy atom. The fraction of sp³-hybridized carbons (Fsp3) is 0.286. The van der Waals surface area contributed by atoms with Crippen LogP contribution in [0.4, 0.5) is 0 Å². The molecule has 1 atom stereocenters. The van der Waals surface area contributed by atoms with E-state index in [4.69, 9.17) is 0 Å². The van der Waals surface area contributed by atoms with Crippen molar-refractivity contribution in [3.63, 3.8) is 0 Å². The van der Waals surface area contributed by atoms with Crippen LogP contribution in [0.15, 0.2) is 71.1 Å². The van der Waals surface area contributed by atoms with E-state index in [-0.39, 0.29) is 0 Å². The molecule has 1 fully saturated rings. The van der Waals surface area contributed by atoms with Crippen molar-refractivity contribution in [2.24, 2.45) is 5.10 Å². The van der Waals surface area contributed by atoms with Crippen LogP contribution in [0.25, 0.3) is 0 Å². The average Bonchev–Trinajstić information content (AvgIpc) is 2.62. The first-order valence-corrected chi connectivity index (χ1v) is 8.41. The summed E-state index contributed by atoms with van der Waals surface area (Å²) in [6.07, 6.45) is 8.05. The molecule has 0 radical (unpaired) electrons. The number of hydrazone groups is 1. The van der Waals surface area contributed by atoms with Crippen LogP contribution in [-0.2, 0) is 0 Å². The van der Waals surface area contributed by atoms with Gasteiger partial charge in [0.05, 0.1) is 5.57 Å². The number of benzene rings is 1. The van der Waals surface area contributed by atoms with E-state index in [0.29, 0.717) is 5.92 Å². The van der Waals surface area contributed by atoms with E-state index in [1.165, 1.54) is 18.4 Å². The van der Waals surface area contributed by atoms with Crippen LogP contribution in [0.2, 0.25) is 0 Å². The maximum absolute atomic E-state index is 4.29. The Labute approximate surface area is 144 Å². The number of likely N-dealkylation sites (tertiary alicyclic amines) is 1. The first-order chi connectivity index (χ1) is 11.8. The molecule has 122 valence electrons. The van der Waals surface area contributed by atoms with Crippen LogP contribution < -0.4 is 5.43 Å². The van der Waals surface area contributed by atoms with Gasteiger partial charge in [0.15, 0.2) is 0 Å². The van der Waals surface area contributed by atoms with E-state index >= 15 is 0 Å². The van der Waals surface area contributed by atoms with Crippen molar-refractivity contribution in [2.45, 2.75) is 25.7 Å². The molecule has 1 aromatic carbocycles. The summed E-state index contributed by atoms with van der Waals surface area (Å²) in [4.78, 5) is 2.42. The number of nitrogens with zero attached hydrogens (tertiary/aromatic N) is 2. The molecule has 3 nitrogen and oxygen atoms in total. The Bertz CT molecular complexity index is 744. The smallest absolute Gasteiger partial charge is 0.0508 e. The summed E-state index contributed by atoms with van der Waals surface area (Å²) in [6, 6.07) is 10.8. The van der Waals surface area contributed by atoms with Crippen molar-refractivity contribution in [2.75, 3.05) is 13.1 Å². The molecule has 2 aliphatic rings. The molecule has 3 heteroatoms. The van der Waals surface area contributed by atoms with Gasteiger partial charge in [0, 0.05) is 42.7 Å². The molecular weight excluding hydrogens is 294 g/mol. The summed E-state index contributed by atoms with van der Waals surface area (Å²) in [5.41, 5.74) is 7.27. The number of piperidine rings is 1. The second kappa shape index (κ2) is 7.70. The van der Waals surface area contributed by atoms with E-state index in [1.807, 2.05) is 19.2 Å². The van der Waals surface area contributed by atoms with Gasteiger partial charge in [-0.1, -0.05) is 42.8 Å². The zero-order valence-corrected chi connectivity index (χ0v) is 14.1. The monoisotopic (exact) mass is 317 g/mol. The first kappa shape index (κ1) is 16.1. The molecule has 0 spiro atoms. The molecule has 0 bridgehead atoms. The highest BCUT2D eigenvalue weighted by molar-refractivity contribution is 5.75. The van der Waals surface area contributed by atoms with Crippen molar-refractivity contribution in [1.82, 2.24) is 10.3 Å². The second-order valence-corrected chi connectivity index (χ2v) is 6.07. The fourth-order valence-electron chi connectivity index (χ4n) is 3.31. The van der Waals surface area contributed by atoms with Gasteiger partial charge in [-0.2, -0.15) is 5.10 Å². The van der Waals surface area contributed by atoms with Gasteiger partial charge < -0.3 is 4.90 Å². The van der Waals surface area contributed by atoms with Crippen LogP contribution in [0.3, 0.4) is 0 Å². The van der Waals surface area contributed by atoms with Crippen LogP contribution in [0, 0.1) is 11.8 Å². The van der Waals surface area contributed by atoms with Crippen LogP contribution in [0.5, 0.6) is 0 Å². The van der Waals surface area contributed by atoms with Gasteiger partial charge in [-0.05, 0) is 31.4 Å². The molecule has 1 unspecified atom stereocenters. The van der Waals surface area contributed by atoms with E-state index < -0.39 is 0 Å². The Morgan fingerprint density at radius 2 is 2.12 bits per heavy atom. The third-order valence-electron chi connectivity index (χ3n) is 4.52. The van der Waals surface area contributed by atoms with Gasteiger partial charge in [-0.25, -0.2) is 0 Å². The molecule has 2 heterocycles. The van der Waals surface area contributed by atoms with Crippen LogP contribution in [-0.4, -0.2) is 24.2 Å². The van der Waals surface area contributed by atoms with E-state index in [9.17, 15) is 0 Å². The quantitative estimate of drug-likeness (QED) is 0.840. The Kier molecular flexibility index (Phi) is 5.18. The lowest BCUT2D eigenvalue weighted by Crippen LogP contribution is -2.34. The number of allylic oxidation sites excluding steroid dienone is 2. The number of nitrogens with one attached hydrogen (secondary N) is 1. The minimum atomic E-state index is 0.554. The summed E-state index contributed by atoms with van der Waals surface area (Å²) >= 11 is 0. The zero-order valence-electron chi connectivity index (χ0n) is 14.1. The molecule has 1 saturated heterocycles. The number of rotatable bonds is 2. The normalized spacial score (nSPS) is 24.3. The third kappa shape index (κ3) is 3.60. The Morgan fingerprint density at radius 1 is 1.29 bits per heavy atom. The summed E-state index contributed by atoms with van der Waals surface area (Å²) in [5, 5.41) is 4.16. The topological polar surface area (TPSA) is 27.6 Å². The molecule has 0 aliphatic carbocycles. The molecule has 0 amide bonds. The summed E-state index contributed by atoms with van der Waals surface area (Å²) in [6.45, 7) is 8.17. The first-order valence-electron chi connectivity index (χ1n) is 8.41. The summed E-state index contributed by atoms with van der Waals surface area (Å²) in [7, 11) is 0. The van der Waals surface area contributed by atoms with Crippen LogP contribution >= 0.6 is 0 Å². The highest BCUT2D eigenvalue weighted by atomic mass is 15.3. The van der Waals surface area contributed by atoms with Crippen molar-refractivity contribution in [1.29, 1.82) is 0 Å². The molecular formula is C21H23N3. The van der Waals surface area contributed by atoms with E-state index in [1.54, 1.807) is 6.21 Å². The average molecular weight is 317 g/mol. The zero-order chi connectivity index (χ0) is 16.8. The van der Waals surface area contributed by atoms with Crippen LogP contribution in [0.1, 0.15) is 31.2 Å². The Balaban J connectivity index is 1.84. The SMILES string of the molecule is C=C1C(N2CCCC(c3ccccc3)C2)=C/C=N\N/C=C\1C#CC. The second-order valence-electron chi connectivity index (χ2n) is 6.07. The lowest BCUT2D eigenvalue weighted by Gasteiger charge is -2.37. The third-order valence-corrected chi connectivity index (χ3v) is 4.52. The van der Waals surface area contributed by atoms with Crippen molar-refractivity contribution in [3.05, 3.63) is 71.6 Å². The van der Waals surface area contributed by atoms with Gasteiger partial charge in [-0.15, -0.1) is 5.92 Å². The van der Waals surface area contributed by atoms with E-state index in [0.717, 1.165) is 29.9 Å². The molecule has 3 rings (SSSR count). The number of hydrogen-bond donors (Lipinski definition) is 1. The maximum Gasteiger partial charge on any atom is 0.0508 e.